The Hall–Kier alpha value is -1.23. The molecule has 1 atom stereocenters. The van der Waals surface area contributed by atoms with E-state index in [0.29, 0.717) is 0 Å². The minimum atomic E-state index is 0.222. The molecule has 0 aliphatic carbocycles. The molecule has 0 radical (unpaired) electrons. The molecule has 18 heavy (non-hydrogen) atoms. The Bertz CT molecular complexity index is 470. The lowest BCUT2D eigenvalue weighted by Crippen LogP contribution is -2.22. The number of aromatic nitrogens is 1. The van der Waals surface area contributed by atoms with Crippen molar-refractivity contribution in [3.8, 4) is 10.6 Å². The summed E-state index contributed by atoms with van der Waals surface area (Å²) in [5, 5.41) is 15.4. The monoisotopic (exact) mass is 262 g/mol. The molecule has 0 fully saturated rings. The van der Waals surface area contributed by atoms with Gasteiger partial charge in [0.1, 0.15) is 5.01 Å². The Labute approximate surface area is 112 Å². The molecule has 3 nitrogen and oxygen atoms in total. The second-order valence-corrected chi connectivity index (χ2v) is 5.29. The molecule has 0 aliphatic rings. The molecule has 0 saturated heterocycles. The van der Waals surface area contributed by atoms with E-state index < -0.39 is 0 Å². The Morgan fingerprint density at radius 3 is 2.83 bits per heavy atom. The molecular formula is C14H18N2OS. The van der Waals surface area contributed by atoms with E-state index in [0.717, 1.165) is 29.4 Å². The third-order valence-corrected chi connectivity index (χ3v) is 3.62. The molecule has 2 aromatic rings. The van der Waals surface area contributed by atoms with Crippen LogP contribution in [0.4, 0.5) is 0 Å². The fraction of sp³-hybridized carbons (Fsp3) is 0.357. The molecule has 0 amide bonds. The lowest BCUT2D eigenvalue weighted by molar-refractivity contribution is 0.233. The van der Waals surface area contributed by atoms with Crippen molar-refractivity contribution in [3.05, 3.63) is 41.4 Å². The molecule has 2 N–H and O–H groups in total. The van der Waals surface area contributed by atoms with Gasteiger partial charge in [0.25, 0.3) is 0 Å². The van der Waals surface area contributed by atoms with E-state index in [1.54, 1.807) is 11.3 Å². The summed E-state index contributed by atoms with van der Waals surface area (Å²) in [5.74, 6) is 0.289. The van der Waals surface area contributed by atoms with Gasteiger partial charge in [0.05, 0.1) is 5.69 Å². The van der Waals surface area contributed by atoms with Crippen LogP contribution in [0.25, 0.3) is 10.6 Å². The summed E-state index contributed by atoms with van der Waals surface area (Å²) in [4.78, 5) is 4.60. The van der Waals surface area contributed by atoms with E-state index in [9.17, 15) is 0 Å². The predicted molar refractivity (Wildman–Crippen MR) is 75.5 cm³/mol. The van der Waals surface area contributed by atoms with Crippen molar-refractivity contribution in [2.24, 2.45) is 5.92 Å². The number of aliphatic hydroxyl groups excluding tert-OH is 1. The lowest BCUT2D eigenvalue weighted by atomic mass is 10.2. The standard InChI is InChI=1S/C14H18N2OS/c1-11(9-17)7-15-8-13-10-18-14(16-13)12-5-3-2-4-6-12/h2-6,10-11,15,17H,7-9H2,1H3. The predicted octanol–water partition coefficient (Wildman–Crippen LogP) is 2.53. The molecule has 1 unspecified atom stereocenters. The van der Waals surface area contributed by atoms with Gasteiger partial charge in [-0.25, -0.2) is 4.98 Å². The summed E-state index contributed by atoms with van der Waals surface area (Å²) in [6.07, 6.45) is 0. The van der Waals surface area contributed by atoms with Gasteiger partial charge in [0, 0.05) is 30.6 Å². The highest BCUT2D eigenvalue weighted by atomic mass is 32.1. The SMILES string of the molecule is CC(CO)CNCc1csc(-c2ccccc2)n1. The average molecular weight is 262 g/mol. The number of hydrogen-bond acceptors (Lipinski definition) is 4. The van der Waals surface area contributed by atoms with Gasteiger partial charge in [0.15, 0.2) is 0 Å². The fourth-order valence-corrected chi connectivity index (χ4v) is 2.44. The summed E-state index contributed by atoms with van der Waals surface area (Å²) in [5.41, 5.74) is 2.22. The number of benzene rings is 1. The second kappa shape index (κ2) is 6.64. The Kier molecular flexibility index (Phi) is 4.87. The summed E-state index contributed by atoms with van der Waals surface area (Å²) in [6.45, 7) is 3.81. The van der Waals surface area contributed by atoms with E-state index >= 15 is 0 Å². The van der Waals surface area contributed by atoms with Gasteiger partial charge in [0.2, 0.25) is 0 Å². The van der Waals surface area contributed by atoms with Gasteiger partial charge in [-0.2, -0.15) is 0 Å². The topological polar surface area (TPSA) is 45.1 Å². The van der Waals surface area contributed by atoms with Gasteiger partial charge in [-0.05, 0) is 5.92 Å². The average Bonchev–Trinajstić information content (AvgIpc) is 2.88. The molecule has 0 aliphatic heterocycles. The van der Waals surface area contributed by atoms with Crippen LogP contribution < -0.4 is 5.32 Å². The van der Waals surface area contributed by atoms with Crippen molar-refractivity contribution in [1.82, 2.24) is 10.3 Å². The normalized spacial score (nSPS) is 12.6. The molecule has 4 heteroatoms. The first kappa shape index (κ1) is 13.2. The second-order valence-electron chi connectivity index (χ2n) is 4.43. The van der Waals surface area contributed by atoms with Crippen molar-refractivity contribution in [2.75, 3.05) is 13.2 Å². The van der Waals surface area contributed by atoms with Gasteiger partial charge < -0.3 is 10.4 Å². The fourth-order valence-electron chi connectivity index (χ4n) is 1.61. The highest BCUT2D eigenvalue weighted by Crippen LogP contribution is 2.23. The number of aliphatic hydroxyl groups is 1. The molecule has 1 aromatic carbocycles. The molecule has 0 spiro atoms. The van der Waals surface area contributed by atoms with Crippen LogP contribution in [-0.2, 0) is 6.54 Å². The maximum atomic E-state index is 8.93. The van der Waals surface area contributed by atoms with Crippen molar-refractivity contribution < 1.29 is 5.11 Å². The van der Waals surface area contributed by atoms with E-state index in [-0.39, 0.29) is 12.5 Å². The number of hydrogen-bond donors (Lipinski definition) is 2. The maximum Gasteiger partial charge on any atom is 0.123 e. The van der Waals surface area contributed by atoms with Crippen LogP contribution in [0.2, 0.25) is 0 Å². The summed E-state index contributed by atoms with van der Waals surface area (Å²) >= 11 is 1.67. The number of nitrogens with zero attached hydrogens (tertiary/aromatic N) is 1. The summed E-state index contributed by atoms with van der Waals surface area (Å²) in [7, 11) is 0. The third kappa shape index (κ3) is 3.63. The van der Waals surface area contributed by atoms with Crippen molar-refractivity contribution in [2.45, 2.75) is 13.5 Å². The number of thiazole rings is 1. The highest BCUT2D eigenvalue weighted by molar-refractivity contribution is 7.13. The molecule has 0 bridgehead atoms. The summed E-state index contributed by atoms with van der Waals surface area (Å²) < 4.78 is 0. The zero-order valence-corrected chi connectivity index (χ0v) is 11.3. The number of nitrogens with one attached hydrogen (secondary N) is 1. The smallest absolute Gasteiger partial charge is 0.123 e. The zero-order valence-electron chi connectivity index (χ0n) is 10.5. The Morgan fingerprint density at radius 2 is 2.11 bits per heavy atom. The lowest BCUT2D eigenvalue weighted by Gasteiger charge is -2.07. The maximum absolute atomic E-state index is 8.93. The molecule has 0 saturated carbocycles. The van der Waals surface area contributed by atoms with Crippen LogP contribution in [0, 0.1) is 5.92 Å². The van der Waals surface area contributed by atoms with Crippen molar-refractivity contribution in [3.63, 3.8) is 0 Å². The van der Waals surface area contributed by atoms with Crippen LogP contribution in [0.3, 0.4) is 0 Å². The largest absolute Gasteiger partial charge is 0.396 e. The summed E-state index contributed by atoms with van der Waals surface area (Å²) in [6, 6.07) is 10.2. The molecular weight excluding hydrogens is 244 g/mol. The Balaban J connectivity index is 1.91. The van der Waals surface area contributed by atoms with Crippen LogP contribution in [-0.4, -0.2) is 23.2 Å². The zero-order chi connectivity index (χ0) is 12.8. The van der Waals surface area contributed by atoms with Crippen LogP contribution in [0.15, 0.2) is 35.7 Å². The van der Waals surface area contributed by atoms with E-state index in [4.69, 9.17) is 5.11 Å². The van der Waals surface area contributed by atoms with Gasteiger partial charge in [-0.1, -0.05) is 37.3 Å². The van der Waals surface area contributed by atoms with Gasteiger partial charge in [-0.3, -0.25) is 0 Å². The molecule has 1 aromatic heterocycles. The van der Waals surface area contributed by atoms with Gasteiger partial charge in [-0.15, -0.1) is 11.3 Å². The first-order valence-corrected chi connectivity index (χ1v) is 6.99. The Morgan fingerprint density at radius 1 is 1.33 bits per heavy atom. The molecule has 96 valence electrons. The van der Waals surface area contributed by atoms with Gasteiger partial charge >= 0.3 is 0 Å². The first-order chi connectivity index (χ1) is 8.79. The quantitative estimate of drug-likeness (QED) is 0.841. The van der Waals surface area contributed by atoms with Crippen molar-refractivity contribution >= 4 is 11.3 Å². The first-order valence-electron chi connectivity index (χ1n) is 6.11. The third-order valence-electron chi connectivity index (χ3n) is 2.68. The molecule has 1 heterocycles. The van der Waals surface area contributed by atoms with Crippen LogP contribution in [0.1, 0.15) is 12.6 Å². The van der Waals surface area contributed by atoms with Crippen molar-refractivity contribution in [1.29, 1.82) is 0 Å². The van der Waals surface area contributed by atoms with Crippen LogP contribution >= 0.6 is 11.3 Å². The van der Waals surface area contributed by atoms with E-state index in [1.165, 1.54) is 0 Å². The van der Waals surface area contributed by atoms with E-state index in [2.05, 4.69) is 27.8 Å². The minimum absolute atomic E-state index is 0.222. The highest BCUT2D eigenvalue weighted by Gasteiger charge is 2.04. The van der Waals surface area contributed by atoms with Crippen LogP contribution in [0.5, 0.6) is 0 Å². The minimum Gasteiger partial charge on any atom is -0.396 e. The van der Waals surface area contributed by atoms with E-state index in [1.807, 2.05) is 25.1 Å². The molecule has 2 rings (SSSR count). The number of rotatable bonds is 6.